The van der Waals surface area contributed by atoms with Crippen molar-refractivity contribution in [1.82, 2.24) is 39.0 Å². The number of benzene rings is 4. The van der Waals surface area contributed by atoms with Gasteiger partial charge in [-0.1, -0.05) is 78.9 Å². The first-order valence-corrected chi connectivity index (χ1v) is 21.3. The zero-order valence-electron chi connectivity index (χ0n) is 35.8. The lowest BCUT2D eigenvalue weighted by atomic mass is 10.1. The highest BCUT2D eigenvalue weighted by Gasteiger charge is 2.40. The number of fused-ring (bicyclic) bond motifs is 2. The van der Waals surface area contributed by atoms with Gasteiger partial charge in [-0.15, -0.1) is 6.58 Å². The number of nitrogens with one attached hydrogen (secondary N) is 2. The Morgan fingerprint density at radius 1 is 0.544 bits per heavy atom. The number of hydrogen-bond acceptors (Lipinski definition) is 15. The third kappa shape index (κ3) is 9.59. The molecular formula is C49H40N10O9. The topological polar surface area (TPSA) is 234 Å². The normalized spacial score (nSPS) is 19.6. The van der Waals surface area contributed by atoms with Crippen molar-refractivity contribution in [3.05, 3.63) is 182 Å². The molecule has 0 saturated carbocycles. The largest absolute Gasteiger partial charge is 0.455 e. The average Bonchev–Trinajstić information content (AvgIpc) is 4.21. The minimum Gasteiger partial charge on any atom is -0.455 e. The third-order valence-electron chi connectivity index (χ3n) is 11.0. The molecule has 19 heteroatoms. The maximum absolute atomic E-state index is 12.6. The molecule has 4 aromatic heterocycles. The SMILES string of the molecule is C=C[C@H]1O[C@@H](n2cnc3c(NC(=O)c4ccccc4)ncnc32)CC1OC(=O)c1ccccc1.O=C[C@H]1O[C@@H](n2cnc3c(NC(=O)c4ccccc4)ncnc32)CC1OC(=O)c1ccccc1. The lowest BCUT2D eigenvalue weighted by Gasteiger charge is -2.15. The van der Waals surface area contributed by atoms with Crippen molar-refractivity contribution in [2.45, 2.75) is 49.7 Å². The molecule has 2 unspecified atom stereocenters. The second kappa shape index (κ2) is 20.1. The van der Waals surface area contributed by atoms with Gasteiger partial charge in [0.25, 0.3) is 11.8 Å². The van der Waals surface area contributed by atoms with Crippen molar-refractivity contribution < 1.29 is 42.9 Å². The van der Waals surface area contributed by atoms with Gasteiger partial charge < -0.3 is 34.4 Å². The number of aldehydes is 1. The van der Waals surface area contributed by atoms with Crippen LogP contribution in [0.15, 0.2) is 159 Å². The molecule has 0 bridgehead atoms. The highest BCUT2D eigenvalue weighted by Crippen LogP contribution is 2.35. The molecule has 0 radical (unpaired) electrons. The molecule has 6 heterocycles. The van der Waals surface area contributed by atoms with E-state index in [1.165, 1.54) is 19.0 Å². The summed E-state index contributed by atoms with van der Waals surface area (Å²) in [7, 11) is 0. The van der Waals surface area contributed by atoms with Crippen LogP contribution in [-0.2, 0) is 23.7 Å². The molecule has 0 spiro atoms. The van der Waals surface area contributed by atoms with Crippen molar-refractivity contribution in [3.63, 3.8) is 0 Å². The number of hydrogen-bond donors (Lipinski definition) is 2. The Hall–Kier alpha value is -8.81. The van der Waals surface area contributed by atoms with Crippen LogP contribution in [-0.4, -0.2) is 93.5 Å². The molecule has 6 atom stereocenters. The summed E-state index contributed by atoms with van der Waals surface area (Å²) in [5.41, 5.74) is 3.51. The summed E-state index contributed by atoms with van der Waals surface area (Å²) < 4.78 is 26.5. The Bertz CT molecular complexity index is 2890. The summed E-state index contributed by atoms with van der Waals surface area (Å²) >= 11 is 0. The summed E-state index contributed by atoms with van der Waals surface area (Å²) in [5, 5.41) is 5.53. The average molecular weight is 913 g/mol. The number of carbonyl (C=O) groups excluding carboxylic acids is 5. The minimum absolute atomic E-state index is 0.225. The Morgan fingerprint density at radius 3 is 1.32 bits per heavy atom. The van der Waals surface area contributed by atoms with Crippen LogP contribution in [0.3, 0.4) is 0 Å². The number of imidazole rings is 2. The van der Waals surface area contributed by atoms with Crippen molar-refractivity contribution in [2.24, 2.45) is 0 Å². The molecule has 0 aliphatic carbocycles. The summed E-state index contributed by atoms with van der Waals surface area (Å²) in [5.74, 6) is -1.05. The van der Waals surface area contributed by atoms with E-state index in [4.69, 9.17) is 18.9 Å². The summed E-state index contributed by atoms with van der Waals surface area (Å²) in [6.07, 6.45) is 4.70. The van der Waals surface area contributed by atoms with Crippen molar-refractivity contribution >= 4 is 64.0 Å². The Balaban J connectivity index is 0.000000170. The molecule has 2 aliphatic rings. The highest BCUT2D eigenvalue weighted by molar-refractivity contribution is 6.07. The fraction of sp³-hybridized carbons (Fsp3) is 0.163. The first-order valence-electron chi connectivity index (χ1n) is 21.3. The van der Waals surface area contributed by atoms with Crippen molar-refractivity contribution in [2.75, 3.05) is 10.6 Å². The molecule has 340 valence electrons. The zero-order valence-corrected chi connectivity index (χ0v) is 35.8. The first-order chi connectivity index (χ1) is 33.3. The molecule has 8 aromatic rings. The van der Waals surface area contributed by atoms with E-state index in [-0.39, 0.29) is 24.1 Å². The van der Waals surface area contributed by atoms with E-state index in [0.717, 1.165) is 0 Å². The van der Waals surface area contributed by atoms with Gasteiger partial charge in [0.15, 0.2) is 46.4 Å². The van der Waals surface area contributed by atoms with E-state index >= 15 is 0 Å². The fourth-order valence-electron chi connectivity index (χ4n) is 7.64. The lowest BCUT2D eigenvalue weighted by molar-refractivity contribution is -0.122. The van der Waals surface area contributed by atoms with Crippen LogP contribution < -0.4 is 10.6 Å². The van der Waals surface area contributed by atoms with Gasteiger partial charge >= 0.3 is 11.9 Å². The van der Waals surface area contributed by atoms with E-state index < -0.39 is 48.8 Å². The van der Waals surface area contributed by atoms with Crippen LogP contribution in [0.2, 0.25) is 0 Å². The van der Waals surface area contributed by atoms with Gasteiger partial charge in [-0.3, -0.25) is 18.7 Å². The molecule has 2 saturated heterocycles. The Kier molecular flexibility index (Phi) is 13.2. The number of carbonyl (C=O) groups is 5. The standard InChI is InChI=1S/C25H21N5O4.C24H19N5O5/c1-2-18-19(34-25(32)17-11-7-4-8-12-17)13-20(33-18)30-15-28-21-22(26-14-27-23(21)30)29-24(31)16-9-5-3-6-10-16;30-12-18-17(34-24(32)16-9-5-2-6-10-16)11-19(33-18)29-14-27-20-21(25-13-26-22(20)29)28-23(31)15-7-3-1-4-8-15/h2-12,14-15,18-20H,1,13H2,(H,26,27,29,31);1-10,12-14,17-19H,11H2,(H,25,26,28,31)/t18-,19?,20-;17?,18-,19-/m11/s1. The van der Waals surface area contributed by atoms with E-state index in [1.807, 2.05) is 18.2 Å². The monoisotopic (exact) mass is 912 g/mol. The predicted octanol–water partition coefficient (Wildman–Crippen LogP) is 6.57. The van der Waals surface area contributed by atoms with E-state index in [2.05, 4.69) is 47.1 Å². The quantitative estimate of drug-likeness (QED) is 0.0750. The number of nitrogens with zero attached hydrogens (tertiary/aromatic N) is 8. The number of rotatable bonds is 12. The number of ether oxygens (including phenoxy) is 4. The second-order valence-corrected chi connectivity index (χ2v) is 15.3. The molecule has 68 heavy (non-hydrogen) atoms. The van der Waals surface area contributed by atoms with Crippen LogP contribution in [0.1, 0.15) is 66.7 Å². The predicted molar refractivity (Wildman–Crippen MR) is 244 cm³/mol. The van der Waals surface area contributed by atoms with E-state index in [9.17, 15) is 24.0 Å². The first kappa shape index (κ1) is 44.4. The fourth-order valence-corrected chi connectivity index (χ4v) is 7.64. The van der Waals surface area contributed by atoms with Gasteiger partial charge in [0.2, 0.25) is 0 Å². The number of esters is 2. The molecule has 4 aromatic carbocycles. The summed E-state index contributed by atoms with van der Waals surface area (Å²) in [6.45, 7) is 3.81. The maximum Gasteiger partial charge on any atom is 0.338 e. The lowest BCUT2D eigenvalue weighted by Crippen LogP contribution is -2.28. The van der Waals surface area contributed by atoms with Gasteiger partial charge in [-0.25, -0.2) is 39.5 Å². The van der Waals surface area contributed by atoms with Gasteiger partial charge in [0, 0.05) is 24.0 Å². The van der Waals surface area contributed by atoms with Crippen molar-refractivity contribution in [1.29, 1.82) is 0 Å². The summed E-state index contributed by atoms with van der Waals surface area (Å²) in [4.78, 5) is 87.4. The Morgan fingerprint density at radius 2 is 0.926 bits per heavy atom. The molecule has 2 aliphatic heterocycles. The maximum atomic E-state index is 12.6. The van der Waals surface area contributed by atoms with Crippen LogP contribution in [0, 0.1) is 0 Å². The van der Waals surface area contributed by atoms with Crippen LogP contribution in [0.25, 0.3) is 22.3 Å². The highest BCUT2D eigenvalue weighted by atomic mass is 16.6. The van der Waals surface area contributed by atoms with Gasteiger partial charge in [-0.05, 0) is 48.5 Å². The molecule has 2 N–H and O–H groups in total. The van der Waals surface area contributed by atoms with Crippen molar-refractivity contribution in [3.8, 4) is 0 Å². The van der Waals surface area contributed by atoms with Gasteiger partial charge in [0.05, 0.1) is 23.8 Å². The van der Waals surface area contributed by atoms with Crippen LogP contribution >= 0.6 is 0 Å². The minimum atomic E-state index is -0.936. The molecule has 19 nitrogen and oxygen atoms in total. The smallest absolute Gasteiger partial charge is 0.338 e. The molecule has 10 rings (SSSR count). The van der Waals surface area contributed by atoms with Gasteiger partial charge in [0.1, 0.15) is 43.4 Å². The number of anilines is 2. The molecule has 2 amide bonds. The van der Waals surface area contributed by atoms with Crippen LogP contribution in [0.4, 0.5) is 11.6 Å². The van der Waals surface area contributed by atoms with E-state index in [1.54, 1.807) is 125 Å². The number of aromatic nitrogens is 8. The summed E-state index contributed by atoms with van der Waals surface area (Å²) in [6, 6.07) is 34.9. The Labute approximate surface area is 386 Å². The second-order valence-electron chi connectivity index (χ2n) is 15.3. The molecule has 2 fully saturated rings. The molecular weight excluding hydrogens is 873 g/mol. The van der Waals surface area contributed by atoms with E-state index in [0.29, 0.717) is 63.1 Å². The van der Waals surface area contributed by atoms with Gasteiger partial charge in [-0.2, -0.15) is 0 Å². The number of amides is 2. The van der Waals surface area contributed by atoms with Crippen LogP contribution in [0.5, 0.6) is 0 Å². The third-order valence-corrected chi connectivity index (χ3v) is 11.0. The zero-order chi connectivity index (χ0) is 47.0.